The zero-order valence-electron chi connectivity index (χ0n) is 16.6. The Balaban J connectivity index is 1.76. The summed E-state index contributed by atoms with van der Waals surface area (Å²) in [5.41, 5.74) is 0.0949. The molecule has 2 aliphatic heterocycles. The van der Waals surface area contributed by atoms with E-state index in [4.69, 9.17) is 16.3 Å². The van der Waals surface area contributed by atoms with E-state index >= 15 is 0 Å². The zero-order valence-corrected chi connectivity index (χ0v) is 18.1. The van der Waals surface area contributed by atoms with Crippen LogP contribution in [0.2, 0.25) is 5.02 Å². The first kappa shape index (κ1) is 22.0. The average molecular weight is 444 g/mol. The predicted octanol–water partition coefficient (Wildman–Crippen LogP) is 1.80. The van der Waals surface area contributed by atoms with Gasteiger partial charge in [0.05, 0.1) is 28.8 Å². The van der Waals surface area contributed by atoms with Crippen LogP contribution in [0.4, 0.5) is 5.69 Å². The molecule has 0 radical (unpaired) electrons. The minimum atomic E-state index is -3.74. The van der Waals surface area contributed by atoms with Gasteiger partial charge in [0, 0.05) is 26.2 Å². The molecule has 0 aromatic heterocycles. The van der Waals surface area contributed by atoms with Gasteiger partial charge in [0.1, 0.15) is 0 Å². The van der Waals surface area contributed by atoms with Crippen LogP contribution >= 0.6 is 11.6 Å². The summed E-state index contributed by atoms with van der Waals surface area (Å²) in [6.45, 7) is 6.32. The molecule has 2 heterocycles. The summed E-state index contributed by atoms with van der Waals surface area (Å²) in [5.74, 6) is -0.822. The molecule has 2 fully saturated rings. The Morgan fingerprint density at radius 3 is 2.38 bits per heavy atom. The monoisotopic (exact) mass is 443 g/mol. The second-order valence-corrected chi connectivity index (χ2v) is 10.1. The van der Waals surface area contributed by atoms with Crippen molar-refractivity contribution in [2.45, 2.75) is 25.2 Å². The molecule has 2 aliphatic rings. The van der Waals surface area contributed by atoms with Gasteiger partial charge in [0.2, 0.25) is 10.0 Å². The number of benzene rings is 1. The number of likely N-dealkylation sites (tertiary alicyclic amines) is 1. The number of carbonyl (C=O) groups is 2. The van der Waals surface area contributed by atoms with Crippen molar-refractivity contribution in [3.63, 3.8) is 0 Å². The highest BCUT2D eigenvalue weighted by molar-refractivity contribution is 7.89. The van der Waals surface area contributed by atoms with Crippen molar-refractivity contribution in [2.75, 3.05) is 44.7 Å². The first-order chi connectivity index (χ1) is 13.7. The highest BCUT2D eigenvalue weighted by atomic mass is 35.5. The van der Waals surface area contributed by atoms with Crippen molar-refractivity contribution in [2.24, 2.45) is 11.8 Å². The van der Waals surface area contributed by atoms with Crippen molar-refractivity contribution < 1.29 is 22.7 Å². The molecule has 2 atom stereocenters. The van der Waals surface area contributed by atoms with E-state index in [0.29, 0.717) is 38.1 Å². The molecular weight excluding hydrogens is 418 g/mol. The Morgan fingerprint density at radius 1 is 1.14 bits per heavy atom. The van der Waals surface area contributed by atoms with Gasteiger partial charge in [-0.2, -0.15) is 4.31 Å². The fraction of sp³-hybridized carbons (Fsp3) is 0.579. The lowest BCUT2D eigenvalue weighted by molar-refractivity contribution is -0.144. The molecular formula is C19H26ClN3O5S. The third-order valence-corrected chi connectivity index (χ3v) is 7.37. The third kappa shape index (κ3) is 5.09. The number of hydrogen-bond donors (Lipinski definition) is 1. The Bertz CT molecular complexity index is 876. The van der Waals surface area contributed by atoms with Crippen LogP contribution in [0, 0.1) is 11.8 Å². The van der Waals surface area contributed by atoms with Gasteiger partial charge in [-0.05, 0) is 36.5 Å². The molecule has 0 bridgehead atoms. The Morgan fingerprint density at radius 2 is 1.76 bits per heavy atom. The predicted molar refractivity (Wildman–Crippen MR) is 109 cm³/mol. The van der Waals surface area contributed by atoms with Gasteiger partial charge in [0.15, 0.2) is 0 Å². The van der Waals surface area contributed by atoms with Gasteiger partial charge in [-0.25, -0.2) is 8.42 Å². The second kappa shape index (κ2) is 8.99. The number of piperidine rings is 1. The number of ether oxygens (including phenoxy) is 1. The van der Waals surface area contributed by atoms with E-state index in [1.54, 1.807) is 0 Å². The summed E-state index contributed by atoms with van der Waals surface area (Å²) in [7, 11) is -3.74. The van der Waals surface area contributed by atoms with Crippen LogP contribution in [-0.4, -0.2) is 68.8 Å². The molecule has 29 heavy (non-hydrogen) atoms. The maximum atomic E-state index is 12.8. The van der Waals surface area contributed by atoms with E-state index in [-0.39, 0.29) is 28.7 Å². The number of amides is 2. The van der Waals surface area contributed by atoms with Crippen LogP contribution in [0.1, 0.15) is 20.3 Å². The minimum Gasteiger partial charge on any atom is -0.379 e. The van der Waals surface area contributed by atoms with Crippen LogP contribution in [-0.2, 0) is 24.3 Å². The summed E-state index contributed by atoms with van der Waals surface area (Å²) in [6.07, 6.45) is 1.01. The van der Waals surface area contributed by atoms with Gasteiger partial charge in [0.25, 0.3) is 0 Å². The van der Waals surface area contributed by atoms with E-state index in [1.165, 1.54) is 27.4 Å². The summed E-state index contributed by atoms with van der Waals surface area (Å²) in [4.78, 5) is 26.6. The van der Waals surface area contributed by atoms with E-state index in [2.05, 4.69) is 5.32 Å². The smallest absolute Gasteiger partial charge is 0.313 e. The molecule has 0 aliphatic carbocycles. The van der Waals surface area contributed by atoms with Crippen LogP contribution in [0.5, 0.6) is 0 Å². The molecule has 1 aromatic rings. The molecule has 2 amide bonds. The first-order valence-corrected chi connectivity index (χ1v) is 11.5. The average Bonchev–Trinajstić information content (AvgIpc) is 2.68. The lowest BCUT2D eigenvalue weighted by atomic mass is 9.92. The van der Waals surface area contributed by atoms with Crippen molar-refractivity contribution in [3.8, 4) is 0 Å². The van der Waals surface area contributed by atoms with Crippen LogP contribution in [0.3, 0.4) is 0 Å². The van der Waals surface area contributed by atoms with Crippen molar-refractivity contribution in [3.05, 3.63) is 23.2 Å². The molecule has 160 valence electrons. The third-order valence-electron chi connectivity index (χ3n) is 5.14. The summed E-state index contributed by atoms with van der Waals surface area (Å²) < 4.78 is 32.2. The van der Waals surface area contributed by atoms with Gasteiger partial charge in [-0.3, -0.25) is 9.59 Å². The number of halogens is 1. The van der Waals surface area contributed by atoms with Gasteiger partial charge in [-0.1, -0.05) is 25.4 Å². The van der Waals surface area contributed by atoms with Gasteiger partial charge in [-0.15, -0.1) is 0 Å². The van der Waals surface area contributed by atoms with Crippen molar-refractivity contribution >= 4 is 39.1 Å². The van der Waals surface area contributed by atoms with E-state index in [0.717, 1.165) is 6.42 Å². The van der Waals surface area contributed by atoms with Crippen LogP contribution in [0.15, 0.2) is 23.1 Å². The largest absolute Gasteiger partial charge is 0.379 e. The molecule has 0 spiro atoms. The Hall–Kier alpha value is -1.68. The number of sulfonamides is 1. The van der Waals surface area contributed by atoms with Crippen LogP contribution < -0.4 is 5.32 Å². The summed E-state index contributed by atoms with van der Waals surface area (Å²) in [6, 6.07) is 4.08. The topological polar surface area (TPSA) is 96.0 Å². The fourth-order valence-electron chi connectivity index (χ4n) is 3.84. The lowest BCUT2D eigenvalue weighted by Crippen LogP contribution is -2.47. The normalized spacial score (nSPS) is 23.6. The van der Waals surface area contributed by atoms with E-state index in [1.807, 2.05) is 13.8 Å². The maximum absolute atomic E-state index is 12.8. The Kier molecular flexibility index (Phi) is 6.83. The van der Waals surface area contributed by atoms with Gasteiger partial charge >= 0.3 is 11.8 Å². The molecule has 2 saturated heterocycles. The number of nitrogens with zero attached hydrogens (tertiary/aromatic N) is 2. The summed E-state index contributed by atoms with van der Waals surface area (Å²) in [5, 5.41) is 2.64. The van der Waals surface area contributed by atoms with Crippen molar-refractivity contribution in [1.29, 1.82) is 0 Å². The lowest BCUT2D eigenvalue weighted by Gasteiger charge is -2.34. The number of morpholine rings is 1. The zero-order chi connectivity index (χ0) is 21.2. The molecule has 2 unspecified atom stereocenters. The summed E-state index contributed by atoms with van der Waals surface area (Å²) >= 11 is 6.14. The van der Waals surface area contributed by atoms with E-state index in [9.17, 15) is 18.0 Å². The van der Waals surface area contributed by atoms with Gasteiger partial charge < -0.3 is 15.0 Å². The number of hydrogen-bond acceptors (Lipinski definition) is 5. The number of nitrogens with one attached hydrogen (secondary N) is 1. The number of carbonyl (C=O) groups excluding carboxylic acids is 2. The highest BCUT2D eigenvalue weighted by Gasteiger charge is 2.30. The number of anilines is 1. The van der Waals surface area contributed by atoms with E-state index < -0.39 is 21.8 Å². The minimum absolute atomic E-state index is 0.00626. The van der Waals surface area contributed by atoms with Crippen molar-refractivity contribution in [1.82, 2.24) is 9.21 Å². The maximum Gasteiger partial charge on any atom is 0.313 e. The Labute approximate surface area is 176 Å². The fourth-order valence-corrected chi connectivity index (χ4v) is 5.44. The molecule has 1 N–H and O–H groups in total. The SMILES string of the molecule is CC1CC(C)CN(C(=O)C(=O)Nc2cc(S(=O)(=O)N3CCOCC3)ccc2Cl)C1. The standard InChI is InChI=1S/C19H26ClN3O5S/c1-13-9-14(2)12-22(11-13)19(25)18(24)21-17-10-15(3-4-16(17)20)29(26,27)23-5-7-28-8-6-23/h3-4,10,13-14H,5-9,11-12H2,1-2H3,(H,21,24). The molecule has 0 saturated carbocycles. The first-order valence-electron chi connectivity index (χ1n) is 9.66. The molecule has 1 aromatic carbocycles. The molecule has 10 heteroatoms. The molecule has 8 nitrogen and oxygen atoms in total. The number of rotatable bonds is 3. The second-order valence-electron chi connectivity index (χ2n) is 7.77. The quantitative estimate of drug-likeness (QED) is 0.718. The van der Waals surface area contributed by atoms with Crippen LogP contribution in [0.25, 0.3) is 0 Å². The molecule has 3 rings (SSSR count). The highest BCUT2D eigenvalue weighted by Crippen LogP contribution is 2.28.